The van der Waals surface area contributed by atoms with Crippen molar-refractivity contribution in [2.24, 2.45) is 0 Å². The number of carbonyl (C=O) groups excluding carboxylic acids is 1. The average Bonchev–Trinajstić information content (AvgIpc) is 2.30. The minimum Gasteiger partial charge on any atom is -0.466 e. The Morgan fingerprint density at radius 2 is 2.06 bits per heavy atom. The molecule has 0 atom stereocenters. The van der Waals surface area contributed by atoms with Crippen LogP contribution in [0.4, 0.5) is 5.69 Å². The summed E-state index contributed by atoms with van der Waals surface area (Å²) < 4.78 is 5.79. The SMILES string of the molecule is COC(=O)/C(C)=C/CNc1ccc(I)cc1. The predicted octanol–water partition coefficient (Wildman–Crippen LogP) is 2.82. The van der Waals surface area contributed by atoms with E-state index in [1.807, 2.05) is 30.3 Å². The minimum atomic E-state index is -0.288. The van der Waals surface area contributed by atoms with Gasteiger partial charge in [-0.05, 0) is 53.8 Å². The molecule has 3 nitrogen and oxygen atoms in total. The van der Waals surface area contributed by atoms with Crippen LogP contribution in [0, 0.1) is 3.57 Å². The van der Waals surface area contributed by atoms with Gasteiger partial charge in [-0.3, -0.25) is 0 Å². The Balaban J connectivity index is 2.46. The number of halogens is 1. The van der Waals surface area contributed by atoms with Crippen LogP contribution in [0.3, 0.4) is 0 Å². The van der Waals surface area contributed by atoms with Crippen molar-refractivity contribution in [3.05, 3.63) is 39.5 Å². The molecular weight excluding hydrogens is 317 g/mol. The van der Waals surface area contributed by atoms with Crippen LogP contribution in [0.1, 0.15) is 6.92 Å². The van der Waals surface area contributed by atoms with Crippen molar-refractivity contribution in [3.8, 4) is 0 Å². The number of anilines is 1. The summed E-state index contributed by atoms with van der Waals surface area (Å²) in [6, 6.07) is 8.06. The Hall–Kier alpha value is -1.04. The highest BCUT2D eigenvalue weighted by atomic mass is 127. The highest BCUT2D eigenvalue weighted by Crippen LogP contribution is 2.10. The van der Waals surface area contributed by atoms with Gasteiger partial charge in [0.1, 0.15) is 0 Å². The molecule has 0 aliphatic heterocycles. The maximum absolute atomic E-state index is 11.1. The van der Waals surface area contributed by atoms with Crippen molar-refractivity contribution in [2.75, 3.05) is 19.0 Å². The Morgan fingerprint density at radius 1 is 1.44 bits per heavy atom. The normalized spacial score (nSPS) is 11.1. The summed E-state index contributed by atoms with van der Waals surface area (Å²) in [5.41, 5.74) is 1.65. The molecule has 1 N–H and O–H groups in total. The number of nitrogens with one attached hydrogen (secondary N) is 1. The lowest BCUT2D eigenvalue weighted by molar-refractivity contribution is -0.136. The van der Waals surface area contributed by atoms with Gasteiger partial charge in [0.25, 0.3) is 0 Å². The standard InChI is InChI=1S/C12H14INO2/c1-9(12(15)16-2)7-8-14-11-5-3-10(13)4-6-11/h3-7,14H,8H2,1-2H3/b9-7+. The molecule has 0 unspecified atom stereocenters. The quantitative estimate of drug-likeness (QED) is 0.524. The molecular formula is C12H14INO2. The van der Waals surface area contributed by atoms with Crippen molar-refractivity contribution in [3.63, 3.8) is 0 Å². The smallest absolute Gasteiger partial charge is 0.333 e. The molecule has 0 bridgehead atoms. The fraction of sp³-hybridized carbons (Fsp3) is 0.250. The number of rotatable bonds is 4. The molecule has 4 heteroatoms. The van der Waals surface area contributed by atoms with E-state index in [1.54, 1.807) is 6.92 Å². The summed E-state index contributed by atoms with van der Waals surface area (Å²) in [5.74, 6) is -0.288. The molecule has 1 aromatic carbocycles. The molecule has 1 aromatic rings. The first kappa shape index (κ1) is 13.0. The van der Waals surface area contributed by atoms with Gasteiger partial charge < -0.3 is 10.1 Å². The first-order valence-electron chi connectivity index (χ1n) is 4.88. The summed E-state index contributed by atoms with van der Waals surface area (Å²) >= 11 is 2.26. The van der Waals surface area contributed by atoms with Gasteiger partial charge in [0.15, 0.2) is 0 Å². The molecule has 0 radical (unpaired) electrons. The second kappa shape index (κ2) is 6.52. The van der Waals surface area contributed by atoms with Crippen molar-refractivity contribution in [1.82, 2.24) is 0 Å². The molecule has 0 saturated heterocycles. The molecule has 0 saturated carbocycles. The summed E-state index contributed by atoms with van der Waals surface area (Å²) in [7, 11) is 1.38. The molecule has 0 aromatic heterocycles. The fourth-order valence-corrected chi connectivity index (χ4v) is 1.49. The molecule has 1 rings (SSSR count). The van der Waals surface area contributed by atoms with Crippen LogP contribution in [0.25, 0.3) is 0 Å². The summed E-state index contributed by atoms with van der Waals surface area (Å²) in [4.78, 5) is 11.1. The Kier molecular flexibility index (Phi) is 5.31. The van der Waals surface area contributed by atoms with Crippen LogP contribution in [0.15, 0.2) is 35.9 Å². The fourth-order valence-electron chi connectivity index (χ4n) is 1.13. The minimum absolute atomic E-state index is 0.288. The second-order valence-electron chi connectivity index (χ2n) is 3.27. The van der Waals surface area contributed by atoms with E-state index in [0.717, 1.165) is 5.69 Å². The zero-order valence-corrected chi connectivity index (χ0v) is 11.4. The third-order valence-corrected chi connectivity index (χ3v) is 2.79. The lowest BCUT2D eigenvalue weighted by Gasteiger charge is -2.04. The monoisotopic (exact) mass is 331 g/mol. The molecule has 0 amide bonds. The lowest BCUT2D eigenvalue weighted by Crippen LogP contribution is -2.05. The van der Waals surface area contributed by atoms with Crippen molar-refractivity contribution < 1.29 is 9.53 Å². The Morgan fingerprint density at radius 3 is 2.62 bits per heavy atom. The third-order valence-electron chi connectivity index (χ3n) is 2.07. The number of methoxy groups -OCH3 is 1. The van der Waals surface area contributed by atoms with E-state index in [0.29, 0.717) is 12.1 Å². The molecule has 0 aliphatic rings. The van der Waals surface area contributed by atoms with Gasteiger partial charge in [0.2, 0.25) is 0 Å². The molecule has 16 heavy (non-hydrogen) atoms. The number of esters is 1. The number of ether oxygens (including phenoxy) is 1. The molecule has 86 valence electrons. The largest absolute Gasteiger partial charge is 0.466 e. The zero-order valence-electron chi connectivity index (χ0n) is 9.29. The number of hydrogen-bond donors (Lipinski definition) is 1. The van der Waals surface area contributed by atoms with Crippen molar-refractivity contribution >= 4 is 34.2 Å². The van der Waals surface area contributed by atoms with E-state index in [-0.39, 0.29) is 5.97 Å². The van der Waals surface area contributed by atoms with Gasteiger partial charge in [0.05, 0.1) is 7.11 Å². The maximum atomic E-state index is 11.1. The highest BCUT2D eigenvalue weighted by molar-refractivity contribution is 14.1. The summed E-state index contributed by atoms with van der Waals surface area (Å²) in [5, 5.41) is 3.19. The van der Waals surface area contributed by atoms with E-state index in [9.17, 15) is 4.79 Å². The number of benzene rings is 1. The first-order valence-corrected chi connectivity index (χ1v) is 5.96. The van der Waals surface area contributed by atoms with Gasteiger partial charge >= 0.3 is 5.97 Å². The van der Waals surface area contributed by atoms with Crippen molar-refractivity contribution in [2.45, 2.75) is 6.92 Å². The number of carbonyl (C=O) groups is 1. The Bertz CT molecular complexity index is 385. The molecule has 0 aliphatic carbocycles. The van der Waals surface area contributed by atoms with Crippen molar-refractivity contribution in [1.29, 1.82) is 0 Å². The lowest BCUT2D eigenvalue weighted by atomic mass is 10.2. The molecule has 0 heterocycles. The Labute approximate surface area is 109 Å². The first-order chi connectivity index (χ1) is 7.63. The van der Waals surface area contributed by atoms with E-state index in [2.05, 4.69) is 32.6 Å². The second-order valence-corrected chi connectivity index (χ2v) is 4.51. The average molecular weight is 331 g/mol. The number of hydrogen-bond acceptors (Lipinski definition) is 3. The van der Waals surface area contributed by atoms with Crippen LogP contribution < -0.4 is 5.32 Å². The zero-order chi connectivity index (χ0) is 12.0. The third kappa shape index (κ3) is 4.22. The van der Waals surface area contributed by atoms with Gasteiger partial charge in [0, 0.05) is 21.4 Å². The molecule has 0 fully saturated rings. The van der Waals surface area contributed by atoms with Gasteiger partial charge in [-0.15, -0.1) is 0 Å². The topological polar surface area (TPSA) is 38.3 Å². The predicted molar refractivity (Wildman–Crippen MR) is 73.4 cm³/mol. The van der Waals surface area contributed by atoms with Crippen LogP contribution in [0.5, 0.6) is 0 Å². The summed E-state index contributed by atoms with van der Waals surface area (Å²) in [6.07, 6.45) is 1.81. The van der Waals surface area contributed by atoms with Gasteiger partial charge in [-0.2, -0.15) is 0 Å². The van der Waals surface area contributed by atoms with E-state index < -0.39 is 0 Å². The molecule has 0 spiro atoms. The van der Waals surface area contributed by atoms with Gasteiger partial charge in [-0.25, -0.2) is 4.79 Å². The van der Waals surface area contributed by atoms with E-state index in [4.69, 9.17) is 0 Å². The van der Waals surface area contributed by atoms with Crippen LogP contribution in [0.2, 0.25) is 0 Å². The van der Waals surface area contributed by atoms with Crippen LogP contribution >= 0.6 is 22.6 Å². The van der Waals surface area contributed by atoms with E-state index >= 15 is 0 Å². The maximum Gasteiger partial charge on any atom is 0.333 e. The van der Waals surface area contributed by atoms with Crippen LogP contribution in [-0.2, 0) is 9.53 Å². The van der Waals surface area contributed by atoms with Crippen LogP contribution in [-0.4, -0.2) is 19.6 Å². The highest BCUT2D eigenvalue weighted by Gasteiger charge is 2.01. The van der Waals surface area contributed by atoms with E-state index in [1.165, 1.54) is 10.7 Å². The summed E-state index contributed by atoms with van der Waals surface area (Å²) in [6.45, 7) is 2.35. The van der Waals surface area contributed by atoms with Gasteiger partial charge in [-0.1, -0.05) is 6.08 Å².